The van der Waals surface area contributed by atoms with E-state index < -0.39 is 5.97 Å². The van der Waals surface area contributed by atoms with Crippen LogP contribution in [0.3, 0.4) is 0 Å². The van der Waals surface area contributed by atoms with Crippen molar-refractivity contribution >= 4 is 22.8 Å². The first-order valence-corrected chi connectivity index (χ1v) is 11.1. The number of esters is 1. The Balaban J connectivity index is 1.98. The number of carbonyl (C=O) groups is 2. The molecule has 1 N–H and O–H groups in total. The Morgan fingerprint density at radius 3 is 2.52 bits per heavy atom. The van der Waals surface area contributed by atoms with Crippen LogP contribution in [-0.2, 0) is 20.8 Å². The van der Waals surface area contributed by atoms with Gasteiger partial charge >= 0.3 is 5.97 Å². The predicted molar refractivity (Wildman–Crippen MR) is 129 cm³/mol. The average Bonchev–Trinajstić information content (AvgIpc) is 2.81. The van der Waals surface area contributed by atoms with Crippen LogP contribution in [0.25, 0.3) is 22.0 Å². The molecule has 0 unspecified atom stereocenters. The Kier molecular flexibility index (Phi) is 8.92. The number of likely N-dealkylation sites (N-methyl/N-ethyl adjacent to an activating group) is 1. The van der Waals surface area contributed by atoms with E-state index in [1.165, 1.54) is 0 Å². The number of aromatic nitrogens is 1. The molecule has 0 saturated carbocycles. The van der Waals surface area contributed by atoms with Gasteiger partial charge in [-0.15, -0.1) is 0 Å². The summed E-state index contributed by atoms with van der Waals surface area (Å²) in [5.41, 5.74) is 3.53. The predicted octanol–water partition coefficient (Wildman–Crippen LogP) is 3.66. The number of hydrogen-bond acceptors (Lipinski definition) is 6. The van der Waals surface area contributed by atoms with Gasteiger partial charge in [-0.3, -0.25) is 14.7 Å². The van der Waals surface area contributed by atoms with Crippen LogP contribution in [0.15, 0.2) is 54.6 Å². The fourth-order valence-electron chi connectivity index (χ4n) is 3.76. The van der Waals surface area contributed by atoms with E-state index in [1.807, 2.05) is 66.5 Å². The number of nitrogens with one attached hydrogen (secondary N) is 1. The summed E-state index contributed by atoms with van der Waals surface area (Å²) in [6.07, 6.45) is 0.756. The molecule has 0 aliphatic heterocycles. The summed E-state index contributed by atoms with van der Waals surface area (Å²) < 4.78 is 10.4. The van der Waals surface area contributed by atoms with Crippen LogP contribution in [0, 0.1) is 0 Å². The molecule has 0 atom stereocenters. The number of ether oxygens (including phenoxy) is 2. The minimum atomic E-state index is -0.415. The van der Waals surface area contributed by atoms with Gasteiger partial charge in [0, 0.05) is 37.8 Å². The maximum Gasteiger partial charge on any atom is 0.340 e. The van der Waals surface area contributed by atoms with Crippen LogP contribution >= 0.6 is 0 Å². The second-order valence-corrected chi connectivity index (χ2v) is 7.78. The Hall–Kier alpha value is -3.29. The molecule has 0 bridgehead atoms. The zero-order valence-corrected chi connectivity index (χ0v) is 19.5. The fraction of sp³-hybridized carbons (Fsp3) is 0.346. The lowest BCUT2D eigenvalue weighted by molar-refractivity contribution is -0.122. The molecule has 1 aromatic heterocycles. The molecule has 7 heteroatoms. The molecule has 0 radical (unpaired) electrons. The Morgan fingerprint density at radius 1 is 1.06 bits per heavy atom. The van der Waals surface area contributed by atoms with Crippen molar-refractivity contribution in [2.24, 2.45) is 0 Å². The van der Waals surface area contributed by atoms with Crippen molar-refractivity contribution in [3.8, 4) is 11.1 Å². The van der Waals surface area contributed by atoms with E-state index in [0.29, 0.717) is 31.0 Å². The lowest BCUT2D eigenvalue weighted by atomic mass is 9.94. The van der Waals surface area contributed by atoms with E-state index in [9.17, 15) is 9.59 Å². The van der Waals surface area contributed by atoms with E-state index in [2.05, 4.69) is 5.32 Å². The summed E-state index contributed by atoms with van der Waals surface area (Å²) in [7, 11) is 3.47. The summed E-state index contributed by atoms with van der Waals surface area (Å²) >= 11 is 0. The maximum atomic E-state index is 13.1. The largest absolute Gasteiger partial charge is 0.462 e. The van der Waals surface area contributed by atoms with Gasteiger partial charge in [0.15, 0.2) is 0 Å². The van der Waals surface area contributed by atoms with Crippen LogP contribution in [0.4, 0.5) is 0 Å². The molecule has 1 amide bonds. The summed E-state index contributed by atoms with van der Waals surface area (Å²) in [4.78, 5) is 32.1. The third-order valence-electron chi connectivity index (χ3n) is 5.19. The first-order chi connectivity index (χ1) is 16.0. The van der Waals surface area contributed by atoms with Crippen molar-refractivity contribution in [1.29, 1.82) is 0 Å². The maximum absolute atomic E-state index is 13.1. The minimum Gasteiger partial charge on any atom is -0.462 e. The number of benzene rings is 2. The van der Waals surface area contributed by atoms with Gasteiger partial charge in [0.1, 0.15) is 0 Å². The number of rotatable bonds is 11. The third-order valence-corrected chi connectivity index (χ3v) is 5.19. The number of carbonyl (C=O) groups excluding carboxylic acids is 2. The van der Waals surface area contributed by atoms with Crippen molar-refractivity contribution in [3.05, 3.63) is 65.9 Å². The van der Waals surface area contributed by atoms with Crippen molar-refractivity contribution < 1.29 is 19.1 Å². The molecule has 3 rings (SSSR count). The molecule has 33 heavy (non-hydrogen) atoms. The first-order valence-electron chi connectivity index (χ1n) is 11.1. The summed E-state index contributed by atoms with van der Waals surface area (Å²) in [6.45, 7) is 3.71. The van der Waals surface area contributed by atoms with Gasteiger partial charge in [0.25, 0.3) is 0 Å². The molecule has 0 fully saturated rings. The van der Waals surface area contributed by atoms with Crippen LogP contribution in [0.1, 0.15) is 29.4 Å². The van der Waals surface area contributed by atoms with Crippen molar-refractivity contribution in [2.45, 2.75) is 19.9 Å². The fourth-order valence-corrected chi connectivity index (χ4v) is 3.76. The second kappa shape index (κ2) is 12.1. The smallest absolute Gasteiger partial charge is 0.340 e. The highest BCUT2D eigenvalue weighted by Gasteiger charge is 2.24. The molecule has 0 saturated heterocycles. The Bertz CT molecular complexity index is 1090. The minimum absolute atomic E-state index is 0.0876. The van der Waals surface area contributed by atoms with Crippen LogP contribution in [-0.4, -0.2) is 62.2 Å². The molecule has 1 heterocycles. The summed E-state index contributed by atoms with van der Waals surface area (Å²) in [5, 5.41) is 3.77. The normalized spacial score (nSPS) is 11.0. The molecule has 2 aromatic carbocycles. The Morgan fingerprint density at radius 2 is 1.79 bits per heavy atom. The highest BCUT2D eigenvalue weighted by atomic mass is 16.5. The second-order valence-electron chi connectivity index (χ2n) is 7.78. The van der Waals surface area contributed by atoms with Crippen molar-refractivity contribution in [2.75, 3.05) is 40.5 Å². The van der Waals surface area contributed by atoms with E-state index >= 15 is 0 Å². The zero-order valence-electron chi connectivity index (χ0n) is 19.5. The molecule has 3 aromatic rings. The molecular formula is C26H31N3O4. The highest BCUT2D eigenvalue weighted by Crippen LogP contribution is 2.34. The number of hydrogen-bond donors (Lipinski definition) is 1. The van der Waals surface area contributed by atoms with E-state index in [1.54, 1.807) is 14.0 Å². The summed E-state index contributed by atoms with van der Waals surface area (Å²) in [6, 6.07) is 17.5. The number of para-hydroxylation sites is 1. The van der Waals surface area contributed by atoms with Gasteiger partial charge in [-0.2, -0.15) is 0 Å². The molecule has 7 nitrogen and oxygen atoms in total. The quantitative estimate of drug-likeness (QED) is 0.355. The molecule has 0 spiro atoms. The lowest BCUT2D eigenvalue weighted by Crippen LogP contribution is -2.36. The summed E-state index contributed by atoms with van der Waals surface area (Å²) in [5.74, 6) is -0.502. The van der Waals surface area contributed by atoms with Gasteiger partial charge in [0.05, 0.1) is 29.9 Å². The molecule has 174 valence electrons. The van der Waals surface area contributed by atoms with Gasteiger partial charge in [0.2, 0.25) is 5.91 Å². The van der Waals surface area contributed by atoms with E-state index in [0.717, 1.165) is 28.5 Å². The third kappa shape index (κ3) is 6.37. The Labute approximate surface area is 194 Å². The van der Waals surface area contributed by atoms with Gasteiger partial charge in [-0.25, -0.2) is 4.79 Å². The standard InChI is InChI=1S/C26H31N3O4/c1-4-33-26(31)25-22(17-29(2)18-23(30)27-15-10-16-32-3)28-21-14-9-8-13-20(21)24(25)19-11-6-5-7-12-19/h5-9,11-14H,4,10,15-18H2,1-3H3,(H,27,30). The van der Waals surface area contributed by atoms with Gasteiger partial charge in [-0.05, 0) is 32.0 Å². The first kappa shape index (κ1) is 24.4. The number of pyridine rings is 1. The molecule has 0 aliphatic carbocycles. The van der Waals surface area contributed by atoms with Gasteiger partial charge in [-0.1, -0.05) is 48.5 Å². The van der Waals surface area contributed by atoms with E-state index in [-0.39, 0.29) is 19.1 Å². The van der Waals surface area contributed by atoms with Crippen LogP contribution in [0.2, 0.25) is 0 Å². The highest BCUT2D eigenvalue weighted by molar-refractivity contribution is 6.07. The monoisotopic (exact) mass is 449 g/mol. The lowest BCUT2D eigenvalue weighted by Gasteiger charge is -2.21. The topological polar surface area (TPSA) is 80.8 Å². The number of methoxy groups -OCH3 is 1. The number of nitrogens with zero attached hydrogens (tertiary/aromatic N) is 2. The number of fused-ring (bicyclic) bond motifs is 1. The molecular weight excluding hydrogens is 418 g/mol. The zero-order chi connectivity index (χ0) is 23.6. The van der Waals surface area contributed by atoms with Crippen molar-refractivity contribution in [1.82, 2.24) is 15.2 Å². The number of amides is 1. The van der Waals surface area contributed by atoms with E-state index in [4.69, 9.17) is 14.5 Å². The molecule has 0 aliphatic rings. The SMILES string of the molecule is CCOC(=O)c1c(CN(C)CC(=O)NCCCOC)nc2ccccc2c1-c1ccccc1. The van der Waals surface area contributed by atoms with Gasteiger partial charge < -0.3 is 14.8 Å². The van der Waals surface area contributed by atoms with Crippen LogP contribution in [0.5, 0.6) is 0 Å². The average molecular weight is 450 g/mol. The van der Waals surface area contributed by atoms with Crippen LogP contribution < -0.4 is 5.32 Å². The van der Waals surface area contributed by atoms with Crippen molar-refractivity contribution in [3.63, 3.8) is 0 Å².